The number of aromatic nitrogens is 2. The van der Waals surface area contributed by atoms with Gasteiger partial charge in [0.2, 0.25) is 0 Å². The summed E-state index contributed by atoms with van der Waals surface area (Å²) >= 11 is 0. The van der Waals surface area contributed by atoms with Crippen LogP contribution in [-0.2, 0) is 6.54 Å². The van der Waals surface area contributed by atoms with E-state index in [9.17, 15) is 9.59 Å². The van der Waals surface area contributed by atoms with Crippen LogP contribution in [0.5, 0.6) is 0 Å². The molecule has 5 N–H and O–H groups in total. The highest BCUT2D eigenvalue weighted by atomic mass is 16.4. The molecule has 0 aliphatic rings. The number of nitrogens with two attached hydrogens (primary N) is 1. The molecule has 2 aromatic carbocycles. The first-order chi connectivity index (χ1) is 12.6. The summed E-state index contributed by atoms with van der Waals surface area (Å²) in [6.45, 7) is 0.385. The molecule has 0 aliphatic carbocycles. The van der Waals surface area contributed by atoms with Crippen LogP contribution in [0.4, 0.5) is 16.3 Å². The van der Waals surface area contributed by atoms with Gasteiger partial charge < -0.3 is 16.2 Å². The predicted octanol–water partition coefficient (Wildman–Crippen LogP) is 2.67. The fourth-order valence-corrected chi connectivity index (χ4v) is 2.36. The third-order valence-electron chi connectivity index (χ3n) is 3.66. The molecule has 0 fully saturated rings. The van der Waals surface area contributed by atoms with Crippen molar-refractivity contribution in [3.63, 3.8) is 0 Å². The fourth-order valence-electron chi connectivity index (χ4n) is 2.36. The summed E-state index contributed by atoms with van der Waals surface area (Å²) < 4.78 is 1.48. The molecule has 0 radical (unpaired) electrons. The minimum absolute atomic E-state index is 0.115. The van der Waals surface area contributed by atoms with Crippen LogP contribution in [0.25, 0.3) is 5.69 Å². The summed E-state index contributed by atoms with van der Waals surface area (Å²) in [5.41, 5.74) is 7.77. The highest BCUT2D eigenvalue weighted by Gasteiger charge is 2.16. The van der Waals surface area contributed by atoms with Crippen LogP contribution >= 0.6 is 0 Å². The van der Waals surface area contributed by atoms with Gasteiger partial charge in [0.1, 0.15) is 5.69 Å². The lowest BCUT2D eigenvalue weighted by molar-refractivity contribution is 0.102. The van der Waals surface area contributed by atoms with Crippen LogP contribution in [-0.4, -0.2) is 26.9 Å². The quantitative estimate of drug-likeness (QED) is 0.563. The van der Waals surface area contributed by atoms with Crippen molar-refractivity contribution in [2.75, 3.05) is 10.6 Å². The first-order valence-electron chi connectivity index (χ1n) is 7.82. The Balaban J connectivity index is 1.88. The number of nitrogens with one attached hydrogen (secondary N) is 2. The first-order valence-corrected chi connectivity index (χ1v) is 7.82. The molecule has 1 heterocycles. The van der Waals surface area contributed by atoms with E-state index >= 15 is 0 Å². The topological polar surface area (TPSA) is 122 Å². The Morgan fingerprint density at radius 2 is 1.73 bits per heavy atom. The number of anilines is 2. The van der Waals surface area contributed by atoms with Crippen molar-refractivity contribution < 1.29 is 14.7 Å². The Morgan fingerprint density at radius 1 is 1.04 bits per heavy atom. The molecule has 0 saturated heterocycles. The molecule has 0 saturated carbocycles. The van der Waals surface area contributed by atoms with Crippen LogP contribution in [0.15, 0.2) is 60.8 Å². The number of benzene rings is 2. The van der Waals surface area contributed by atoms with Gasteiger partial charge in [-0.05, 0) is 29.8 Å². The zero-order valence-electron chi connectivity index (χ0n) is 13.7. The maximum absolute atomic E-state index is 12.4. The van der Waals surface area contributed by atoms with E-state index in [0.717, 1.165) is 11.3 Å². The SMILES string of the molecule is NCc1ccc(C(=O)Nc2nn(-c3ccccc3)cc2NC(=O)O)cc1. The van der Waals surface area contributed by atoms with E-state index in [-0.39, 0.29) is 11.5 Å². The van der Waals surface area contributed by atoms with Crippen LogP contribution in [0, 0.1) is 0 Å². The Hall–Kier alpha value is -3.65. The second kappa shape index (κ2) is 7.49. The molecule has 3 rings (SSSR count). The van der Waals surface area contributed by atoms with Crippen molar-refractivity contribution in [3.8, 4) is 5.69 Å². The monoisotopic (exact) mass is 351 g/mol. The van der Waals surface area contributed by atoms with Gasteiger partial charge in [-0.1, -0.05) is 30.3 Å². The summed E-state index contributed by atoms with van der Waals surface area (Å²) in [5.74, 6) is -0.288. The summed E-state index contributed by atoms with van der Waals surface area (Å²) in [4.78, 5) is 23.5. The Kier molecular flexibility index (Phi) is 4.95. The van der Waals surface area contributed by atoms with Crippen molar-refractivity contribution in [1.82, 2.24) is 9.78 Å². The zero-order valence-corrected chi connectivity index (χ0v) is 13.7. The molecule has 0 unspecified atom stereocenters. The number of hydrogen-bond acceptors (Lipinski definition) is 4. The molecule has 3 aromatic rings. The molecular formula is C18H17N5O3. The Labute approximate surface area is 149 Å². The second-order valence-electron chi connectivity index (χ2n) is 5.46. The van der Waals surface area contributed by atoms with E-state index in [4.69, 9.17) is 10.8 Å². The largest absolute Gasteiger partial charge is 0.465 e. The van der Waals surface area contributed by atoms with Gasteiger partial charge in [-0.25, -0.2) is 9.48 Å². The number of amides is 2. The van der Waals surface area contributed by atoms with Gasteiger partial charge in [-0.15, -0.1) is 5.10 Å². The standard InChI is InChI=1S/C18H17N5O3/c19-10-12-6-8-13(9-7-12)17(24)21-16-15(20-18(25)26)11-23(22-16)14-4-2-1-3-5-14/h1-9,11,20H,10,19H2,(H,25,26)(H,21,22,24). The molecule has 0 aliphatic heterocycles. The minimum atomic E-state index is -1.25. The predicted molar refractivity (Wildman–Crippen MR) is 97.5 cm³/mol. The molecule has 0 bridgehead atoms. The fraction of sp³-hybridized carbons (Fsp3) is 0.0556. The molecule has 8 nitrogen and oxygen atoms in total. The van der Waals surface area contributed by atoms with Gasteiger partial charge in [0.15, 0.2) is 5.82 Å². The van der Waals surface area contributed by atoms with E-state index in [1.807, 2.05) is 30.3 Å². The average molecular weight is 351 g/mol. The number of hydrogen-bond donors (Lipinski definition) is 4. The third kappa shape index (κ3) is 3.87. The lowest BCUT2D eigenvalue weighted by Gasteiger charge is -2.05. The lowest BCUT2D eigenvalue weighted by atomic mass is 10.1. The van der Waals surface area contributed by atoms with Gasteiger partial charge >= 0.3 is 6.09 Å². The number of para-hydroxylation sites is 1. The van der Waals surface area contributed by atoms with E-state index in [1.54, 1.807) is 24.3 Å². The average Bonchev–Trinajstić information content (AvgIpc) is 3.04. The Bertz CT molecular complexity index is 920. The highest BCUT2D eigenvalue weighted by molar-refractivity contribution is 6.06. The number of carboxylic acid groups (broad SMARTS) is 1. The number of carbonyl (C=O) groups is 2. The highest BCUT2D eigenvalue weighted by Crippen LogP contribution is 2.23. The van der Waals surface area contributed by atoms with Gasteiger partial charge in [0.05, 0.1) is 11.9 Å². The molecule has 0 atom stereocenters. The molecule has 26 heavy (non-hydrogen) atoms. The lowest BCUT2D eigenvalue weighted by Crippen LogP contribution is -2.15. The molecule has 132 valence electrons. The smallest absolute Gasteiger partial charge is 0.409 e. The van der Waals surface area contributed by atoms with Crippen molar-refractivity contribution in [2.45, 2.75) is 6.54 Å². The third-order valence-corrected chi connectivity index (χ3v) is 3.66. The summed E-state index contributed by atoms with van der Waals surface area (Å²) in [7, 11) is 0. The summed E-state index contributed by atoms with van der Waals surface area (Å²) in [5, 5.41) is 18.2. The summed E-state index contributed by atoms with van der Waals surface area (Å²) in [6, 6.07) is 16.0. The molecular weight excluding hydrogens is 334 g/mol. The zero-order chi connectivity index (χ0) is 18.5. The van der Waals surface area contributed by atoms with Crippen LogP contribution < -0.4 is 16.4 Å². The number of rotatable bonds is 5. The van der Waals surface area contributed by atoms with Crippen molar-refractivity contribution in [2.24, 2.45) is 5.73 Å². The van der Waals surface area contributed by atoms with Gasteiger partial charge in [-0.2, -0.15) is 0 Å². The van der Waals surface area contributed by atoms with Gasteiger partial charge in [0, 0.05) is 12.1 Å². The summed E-state index contributed by atoms with van der Waals surface area (Å²) in [6.07, 6.45) is 0.247. The second-order valence-corrected chi connectivity index (χ2v) is 5.46. The maximum atomic E-state index is 12.4. The van der Waals surface area contributed by atoms with Crippen molar-refractivity contribution >= 4 is 23.5 Å². The van der Waals surface area contributed by atoms with Crippen LogP contribution in [0.3, 0.4) is 0 Å². The minimum Gasteiger partial charge on any atom is -0.465 e. The number of carbonyl (C=O) groups excluding carboxylic acids is 1. The molecule has 1 aromatic heterocycles. The molecule has 8 heteroatoms. The van der Waals surface area contributed by atoms with E-state index in [0.29, 0.717) is 12.1 Å². The van der Waals surface area contributed by atoms with Gasteiger partial charge in [-0.3, -0.25) is 10.1 Å². The van der Waals surface area contributed by atoms with Crippen LogP contribution in [0.1, 0.15) is 15.9 Å². The normalized spacial score (nSPS) is 10.3. The van der Waals surface area contributed by atoms with Crippen molar-refractivity contribution in [3.05, 3.63) is 71.9 Å². The van der Waals surface area contributed by atoms with E-state index in [2.05, 4.69) is 15.7 Å². The van der Waals surface area contributed by atoms with Crippen molar-refractivity contribution in [1.29, 1.82) is 0 Å². The van der Waals surface area contributed by atoms with Gasteiger partial charge in [0.25, 0.3) is 5.91 Å². The van der Waals surface area contributed by atoms with E-state index < -0.39 is 12.0 Å². The van der Waals surface area contributed by atoms with Crippen LogP contribution in [0.2, 0.25) is 0 Å². The first kappa shape index (κ1) is 17.2. The maximum Gasteiger partial charge on any atom is 0.409 e. The molecule has 2 amide bonds. The van der Waals surface area contributed by atoms with E-state index in [1.165, 1.54) is 10.9 Å². The molecule has 0 spiro atoms. The number of nitrogens with zero attached hydrogens (tertiary/aromatic N) is 2. The Morgan fingerprint density at radius 3 is 2.35 bits per heavy atom.